The van der Waals surface area contributed by atoms with Gasteiger partial charge in [0.15, 0.2) is 0 Å². The summed E-state index contributed by atoms with van der Waals surface area (Å²) in [6, 6.07) is 12.4. The molecule has 0 aliphatic rings. The SMILES string of the molecule is Cc1ccc(S(=O)(=O)N=[S@@](C)c2cccc(C(=O)[O-])c2)cc1. The summed E-state index contributed by atoms with van der Waals surface area (Å²) < 4.78 is 28.4. The first kappa shape index (κ1) is 16.4. The number of sulfonamides is 1. The van der Waals surface area contributed by atoms with Gasteiger partial charge in [-0.1, -0.05) is 40.5 Å². The van der Waals surface area contributed by atoms with E-state index in [9.17, 15) is 18.3 Å². The van der Waals surface area contributed by atoms with Crippen molar-refractivity contribution in [1.82, 2.24) is 0 Å². The maximum Gasteiger partial charge on any atom is 0.288 e. The van der Waals surface area contributed by atoms with Crippen molar-refractivity contribution in [3.63, 3.8) is 0 Å². The second kappa shape index (κ2) is 6.41. The number of nitrogens with zero attached hydrogens (tertiary/aromatic N) is 1. The second-order valence-corrected chi connectivity index (χ2v) is 8.10. The molecule has 0 N–H and O–H groups in total. The van der Waals surface area contributed by atoms with Gasteiger partial charge in [-0.3, -0.25) is 0 Å². The summed E-state index contributed by atoms with van der Waals surface area (Å²) in [6.45, 7) is 1.86. The number of rotatable bonds is 4. The molecule has 0 aromatic heterocycles. The minimum Gasteiger partial charge on any atom is -0.545 e. The van der Waals surface area contributed by atoms with Crippen molar-refractivity contribution >= 4 is 26.7 Å². The summed E-state index contributed by atoms with van der Waals surface area (Å²) in [6.07, 6.45) is 1.63. The fraction of sp³-hybridized carbons (Fsp3) is 0.133. The van der Waals surface area contributed by atoms with Gasteiger partial charge in [-0.2, -0.15) is 8.42 Å². The van der Waals surface area contributed by atoms with Gasteiger partial charge < -0.3 is 9.90 Å². The van der Waals surface area contributed by atoms with Crippen LogP contribution in [0.4, 0.5) is 0 Å². The summed E-state index contributed by atoms with van der Waals surface area (Å²) in [5.41, 5.74) is 0.955. The second-order valence-electron chi connectivity index (χ2n) is 4.66. The molecule has 0 unspecified atom stereocenters. The van der Waals surface area contributed by atoms with E-state index in [1.54, 1.807) is 24.5 Å². The Kier molecular flexibility index (Phi) is 4.77. The topological polar surface area (TPSA) is 86.6 Å². The molecule has 0 heterocycles. The molecule has 1 atom stereocenters. The van der Waals surface area contributed by atoms with E-state index in [0.29, 0.717) is 4.90 Å². The van der Waals surface area contributed by atoms with Crippen molar-refractivity contribution in [3.05, 3.63) is 59.7 Å². The van der Waals surface area contributed by atoms with Crippen LogP contribution in [0.2, 0.25) is 0 Å². The Bertz CT molecular complexity index is 840. The Hall–Kier alpha value is -1.99. The van der Waals surface area contributed by atoms with Crippen molar-refractivity contribution in [2.24, 2.45) is 3.77 Å². The van der Waals surface area contributed by atoms with Crippen LogP contribution < -0.4 is 5.11 Å². The van der Waals surface area contributed by atoms with Crippen LogP contribution in [-0.2, 0) is 20.7 Å². The Morgan fingerprint density at radius 2 is 1.77 bits per heavy atom. The highest BCUT2D eigenvalue weighted by Crippen LogP contribution is 2.17. The molecule has 0 aliphatic heterocycles. The third-order valence-electron chi connectivity index (χ3n) is 2.94. The van der Waals surface area contributed by atoms with Crippen LogP contribution in [0.3, 0.4) is 0 Å². The molecule has 0 saturated carbocycles. The standard InChI is InChI=1S/C15H15NO4S2/c1-11-6-8-14(9-7-11)22(19,20)16-21(2)13-5-3-4-12(10-13)15(17)18/h3-10H,1-2H3,(H,17,18)/p-1/t21-/m0/s1. The lowest BCUT2D eigenvalue weighted by Gasteiger charge is -2.07. The molecular weight excluding hydrogens is 322 g/mol. The smallest absolute Gasteiger partial charge is 0.288 e. The summed E-state index contributed by atoms with van der Waals surface area (Å²) in [5, 5.41) is 10.9. The number of carboxylic acid groups (broad SMARTS) is 1. The van der Waals surface area contributed by atoms with Crippen LogP contribution in [-0.4, -0.2) is 20.6 Å². The van der Waals surface area contributed by atoms with Crippen molar-refractivity contribution in [2.75, 3.05) is 6.26 Å². The predicted octanol–water partition coefficient (Wildman–Crippen LogP) is 1.54. The molecule has 5 nitrogen and oxygen atoms in total. The highest BCUT2D eigenvalue weighted by atomic mass is 32.3. The van der Waals surface area contributed by atoms with Gasteiger partial charge in [0.1, 0.15) is 0 Å². The lowest BCUT2D eigenvalue weighted by molar-refractivity contribution is -0.255. The molecular formula is C15H14NO4S2-. The zero-order valence-electron chi connectivity index (χ0n) is 12.0. The quantitative estimate of drug-likeness (QED) is 0.847. The van der Waals surface area contributed by atoms with Crippen LogP contribution in [0.15, 0.2) is 62.1 Å². The lowest BCUT2D eigenvalue weighted by Crippen LogP contribution is -2.22. The summed E-state index contributed by atoms with van der Waals surface area (Å²) in [5.74, 6) is -1.31. The molecule has 0 saturated heterocycles. The minimum absolute atomic E-state index is 0.000200. The predicted molar refractivity (Wildman–Crippen MR) is 83.1 cm³/mol. The molecule has 0 spiro atoms. The summed E-state index contributed by atoms with van der Waals surface area (Å²) in [4.78, 5) is 11.5. The number of hydrogen-bond acceptors (Lipinski definition) is 4. The van der Waals surface area contributed by atoms with E-state index in [2.05, 4.69) is 3.77 Å². The third kappa shape index (κ3) is 3.80. The largest absolute Gasteiger partial charge is 0.545 e. The van der Waals surface area contributed by atoms with Crippen LogP contribution in [0.1, 0.15) is 15.9 Å². The number of carbonyl (C=O) groups is 1. The Balaban J connectivity index is 2.41. The molecule has 0 amide bonds. The van der Waals surface area contributed by atoms with Gasteiger partial charge >= 0.3 is 0 Å². The first-order valence-electron chi connectivity index (χ1n) is 6.32. The number of aryl methyl sites for hydroxylation is 1. The van der Waals surface area contributed by atoms with Crippen LogP contribution in [0.25, 0.3) is 0 Å². The highest BCUT2D eigenvalue weighted by Gasteiger charge is 2.13. The maximum absolute atomic E-state index is 12.3. The molecule has 116 valence electrons. The fourth-order valence-corrected chi connectivity index (χ4v) is 4.67. The molecule has 0 fully saturated rings. The first-order valence-corrected chi connectivity index (χ1v) is 9.35. The minimum atomic E-state index is -3.78. The van der Waals surface area contributed by atoms with E-state index in [-0.39, 0.29) is 10.5 Å². The van der Waals surface area contributed by atoms with E-state index >= 15 is 0 Å². The van der Waals surface area contributed by atoms with Gasteiger partial charge in [0.05, 0.1) is 10.9 Å². The number of aromatic carboxylic acids is 1. The number of hydrogen-bond donors (Lipinski definition) is 0. The summed E-state index contributed by atoms with van der Waals surface area (Å²) in [7, 11) is -4.77. The molecule has 2 rings (SSSR count). The van der Waals surface area contributed by atoms with Gasteiger partial charge in [0.2, 0.25) is 0 Å². The van der Waals surface area contributed by atoms with Crippen LogP contribution in [0, 0.1) is 6.92 Å². The molecule has 7 heteroatoms. The number of carboxylic acids is 1. The first-order chi connectivity index (χ1) is 10.3. The monoisotopic (exact) mass is 336 g/mol. The third-order valence-corrected chi connectivity index (χ3v) is 6.42. The highest BCUT2D eigenvalue weighted by molar-refractivity contribution is 7.99. The summed E-state index contributed by atoms with van der Waals surface area (Å²) >= 11 is 0. The van der Waals surface area contributed by atoms with Gasteiger partial charge in [0, 0.05) is 4.90 Å². The molecule has 2 aromatic rings. The molecule has 0 bridgehead atoms. The Morgan fingerprint density at radius 3 is 2.36 bits per heavy atom. The van der Waals surface area contributed by atoms with E-state index in [0.717, 1.165) is 5.56 Å². The fourth-order valence-electron chi connectivity index (χ4n) is 1.75. The van der Waals surface area contributed by atoms with Crippen molar-refractivity contribution in [1.29, 1.82) is 0 Å². The van der Waals surface area contributed by atoms with Crippen LogP contribution in [0.5, 0.6) is 0 Å². The lowest BCUT2D eigenvalue weighted by atomic mass is 10.2. The van der Waals surface area contributed by atoms with Gasteiger partial charge in [-0.25, -0.2) is 0 Å². The van der Waals surface area contributed by atoms with E-state index in [1.165, 1.54) is 30.3 Å². The Labute approximate surface area is 131 Å². The van der Waals surface area contributed by atoms with Gasteiger partial charge in [-0.05, 0) is 43.0 Å². The molecule has 2 aromatic carbocycles. The van der Waals surface area contributed by atoms with Gasteiger partial charge in [-0.15, -0.1) is 3.77 Å². The van der Waals surface area contributed by atoms with Crippen molar-refractivity contribution in [2.45, 2.75) is 16.7 Å². The number of benzene rings is 2. The Morgan fingerprint density at radius 1 is 1.14 bits per heavy atom. The average Bonchev–Trinajstić information content (AvgIpc) is 2.47. The molecule has 0 radical (unpaired) electrons. The average molecular weight is 336 g/mol. The van der Waals surface area contributed by atoms with Crippen molar-refractivity contribution in [3.8, 4) is 0 Å². The van der Waals surface area contributed by atoms with Crippen molar-refractivity contribution < 1.29 is 18.3 Å². The van der Waals surface area contributed by atoms with Crippen LogP contribution >= 0.6 is 0 Å². The molecule has 0 aliphatic carbocycles. The zero-order valence-corrected chi connectivity index (χ0v) is 13.6. The number of carbonyl (C=O) groups excluding carboxylic acids is 1. The maximum atomic E-state index is 12.3. The van der Waals surface area contributed by atoms with E-state index < -0.39 is 26.7 Å². The van der Waals surface area contributed by atoms with Gasteiger partial charge in [0.25, 0.3) is 10.0 Å². The zero-order chi connectivity index (χ0) is 16.3. The van der Waals surface area contributed by atoms with E-state index in [4.69, 9.17) is 0 Å². The van der Waals surface area contributed by atoms with E-state index in [1.807, 2.05) is 6.92 Å². The molecule has 22 heavy (non-hydrogen) atoms. The normalized spacial score (nSPS) is 13.0.